The first-order valence-corrected chi connectivity index (χ1v) is 12.1. The standard InChI is InChI=1S/C19H25N3O5S2/c1-21(2)29(26,27)18-11-9-16(10-12-18)13-20-19(23)15-22(28(3,24)25)14-17-7-5-4-6-8-17/h4-12H,13-15H2,1-3H3,(H,20,23). The second-order valence-corrected chi connectivity index (χ2v) is 10.9. The molecule has 0 heterocycles. The Morgan fingerprint density at radius 3 is 2.00 bits per heavy atom. The van der Waals surface area contributed by atoms with Crippen molar-refractivity contribution < 1.29 is 21.6 Å². The topological polar surface area (TPSA) is 104 Å². The third-order valence-electron chi connectivity index (χ3n) is 4.18. The third kappa shape index (κ3) is 6.64. The first kappa shape index (κ1) is 23.0. The fourth-order valence-corrected chi connectivity index (χ4v) is 4.12. The summed E-state index contributed by atoms with van der Waals surface area (Å²) in [5, 5.41) is 2.66. The maximum absolute atomic E-state index is 12.3. The van der Waals surface area contributed by atoms with Crippen molar-refractivity contribution in [3.8, 4) is 0 Å². The van der Waals surface area contributed by atoms with Crippen molar-refractivity contribution in [1.29, 1.82) is 0 Å². The zero-order chi connectivity index (χ0) is 21.7. The molecule has 0 saturated heterocycles. The van der Waals surface area contributed by atoms with Crippen LogP contribution in [0.1, 0.15) is 11.1 Å². The predicted molar refractivity (Wildman–Crippen MR) is 111 cm³/mol. The van der Waals surface area contributed by atoms with Crippen LogP contribution in [0.2, 0.25) is 0 Å². The Morgan fingerprint density at radius 1 is 0.897 bits per heavy atom. The van der Waals surface area contributed by atoms with Gasteiger partial charge in [0.1, 0.15) is 0 Å². The van der Waals surface area contributed by atoms with E-state index in [1.165, 1.54) is 26.2 Å². The summed E-state index contributed by atoms with van der Waals surface area (Å²) in [6.07, 6.45) is 1.06. The van der Waals surface area contributed by atoms with Gasteiger partial charge in [-0.05, 0) is 23.3 Å². The number of nitrogens with one attached hydrogen (secondary N) is 1. The summed E-state index contributed by atoms with van der Waals surface area (Å²) < 4.78 is 50.4. The van der Waals surface area contributed by atoms with Gasteiger partial charge in [0.15, 0.2) is 0 Å². The van der Waals surface area contributed by atoms with Gasteiger partial charge in [-0.15, -0.1) is 0 Å². The Bertz CT molecular complexity index is 1040. The second-order valence-electron chi connectivity index (χ2n) is 6.72. The van der Waals surface area contributed by atoms with Gasteiger partial charge in [-0.1, -0.05) is 42.5 Å². The highest BCUT2D eigenvalue weighted by atomic mass is 32.2. The Hall–Kier alpha value is -2.27. The molecule has 0 unspecified atom stereocenters. The number of hydrogen-bond donors (Lipinski definition) is 1. The molecular weight excluding hydrogens is 414 g/mol. The van der Waals surface area contributed by atoms with E-state index < -0.39 is 26.0 Å². The van der Waals surface area contributed by atoms with Gasteiger partial charge < -0.3 is 5.32 Å². The highest BCUT2D eigenvalue weighted by Crippen LogP contribution is 2.14. The van der Waals surface area contributed by atoms with Crippen LogP contribution in [0.25, 0.3) is 0 Å². The summed E-state index contributed by atoms with van der Waals surface area (Å²) in [4.78, 5) is 12.4. The molecule has 29 heavy (non-hydrogen) atoms. The highest BCUT2D eigenvalue weighted by Gasteiger charge is 2.20. The Morgan fingerprint density at radius 2 is 1.48 bits per heavy atom. The molecule has 0 aliphatic carbocycles. The fourth-order valence-electron chi connectivity index (χ4n) is 2.48. The minimum absolute atomic E-state index is 0.101. The molecule has 0 bridgehead atoms. The van der Waals surface area contributed by atoms with E-state index in [-0.39, 0.29) is 24.5 Å². The van der Waals surface area contributed by atoms with Crippen LogP contribution in [0, 0.1) is 0 Å². The summed E-state index contributed by atoms with van der Waals surface area (Å²) in [7, 11) is -4.18. The molecule has 0 atom stereocenters. The zero-order valence-corrected chi connectivity index (χ0v) is 18.2. The van der Waals surface area contributed by atoms with Crippen molar-refractivity contribution in [2.75, 3.05) is 26.9 Å². The molecular formula is C19H25N3O5S2. The van der Waals surface area contributed by atoms with Crippen molar-refractivity contribution in [3.63, 3.8) is 0 Å². The number of benzene rings is 2. The van der Waals surface area contributed by atoms with Crippen molar-refractivity contribution in [3.05, 3.63) is 65.7 Å². The molecule has 10 heteroatoms. The average molecular weight is 440 g/mol. The van der Waals surface area contributed by atoms with Gasteiger partial charge in [-0.3, -0.25) is 4.79 Å². The number of rotatable bonds is 9. The lowest BCUT2D eigenvalue weighted by atomic mass is 10.2. The maximum Gasteiger partial charge on any atom is 0.242 e. The molecule has 2 rings (SSSR count). The molecule has 0 aromatic heterocycles. The van der Waals surface area contributed by atoms with Crippen molar-refractivity contribution in [1.82, 2.24) is 13.9 Å². The average Bonchev–Trinajstić information content (AvgIpc) is 2.66. The summed E-state index contributed by atoms with van der Waals surface area (Å²) in [5.74, 6) is -0.448. The minimum Gasteiger partial charge on any atom is -0.351 e. The number of carbonyl (C=O) groups excluding carboxylic acids is 1. The van der Waals surface area contributed by atoms with Crippen LogP contribution in [0.4, 0.5) is 0 Å². The second kappa shape index (κ2) is 9.49. The lowest BCUT2D eigenvalue weighted by molar-refractivity contribution is -0.121. The maximum atomic E-state index is 12.3. The lowest BCUT2D eigenvalue weighted by Gasteiger charge is -2.19. The Kier molecular flexibility index (Phi) is 7.53. The van der Waals surface area contributed by atoms with E-state index in [0.717, 1.165) is 20.4 Å². The Labute approximate surface area is 172 Å². The van der Waals surface area contributed by atoms with Crippen LogP contribution in [0.15, 0.2) is 59.5 Å². The van der Waals surface area contributed by atoms with Gasteiger partial charge >= 0.3 is 0 Å². The van der Waals surface area contributed by atoms with E-state index in [4.69, 9.17) is 0 Å². The molecule has 0 radical (unpaired) electrons. The number of carbonyl (C=O) groups is 1. The number of hydrogen-bond acceptors (Lipinski definition) is 5. The normalized spacial score (nSPS) is 12.3. The van der Waals surface area contributed by atoms with Gasteiger partial charge in [-0.25, -0.2) is 21.1 Å². The van der Waals surface area contributed by atoms with Crippen LogP contribution in [-0.4, -0.2) is 58.2 Å². The molecule has 1 amide bonds. The monoisotopic (exact) mass is 439 g/mol. The summed E-state index contributed by atoms with van der Waals surface area (Å²) >= 11 is 0. The SMILES string of the molecule is CN(C)S(=O)(=O)c1ccc(CNC(=O)CN(Cc2ccccc2)S(C)(=O)=O)cc1. The molecule has 0 aliphatic rings. The number of amides is 1. The molecule has 0 aliphatic heterocycles. The molecule has 158 valence electrons. The third-order valence-corrected chi connectivity index (χ3v) is 7.21. The van der Waals surface area contributed by atoms with Crippen LogP contribution >= 0.6 is 0 Å². The van der Waals surface area contributed by atoms with Gasteiger partial charge in [-0.2, -0.15) is 4.31 Å². The summed E-state index contributed by atoms with van der Waals surface area (Å²) in [5.41, 5.74) is 1.48. The van der Waals surface area contributed by atoms with E-state index >= 15 is 0 Å². The highest BCUT2D eigenvalue weighted by molar-refractivity contribution is 7.89. The molecule has 2 aromatic rings. The van der Waals surface area contributed by atoms with Crippen LogP contribution < -0.4 is 5.32 Å². The van der Waals surface area contributed by atoms with Gasteiger partial charge in [0.25, 0.3) is 0 Å². The first-order valence-electron chi connectivity index (χ1n) is 8.77. The first-order chi connectivity index (χ1) is 13.5. The zero-order valence-electron chi connectivity index (χ0n) is 16.6. The lowest BCUT2D eigenvalue weighted by Crippen LogP contribution is -2.39. The molecule has 0 spiro atoms. The van der Waals surface area contributed by atoms with Crippen molar-refractivity contribution in [2.24, 2.45) is 0 Å². The van der Waals surface area contributed by atoms with Gasteiger partial charge in [0.05, 0.1) is 17.7 Å². The summed E-state index contributed by atoms with van der Waals surface area (Å²) in [6.45, 7) is -0.0466. The predicted octanol–water partition coefficient (Wildman–Crippen LogP) is 1.01. The van der Waals surface area contributed by atoms with Crippen LogP contribution in [-0.2, 0) is 37.9 Å². The van der Waals surface area contributed by atoms with Gasteiger partial charge in [0, 0.05) is 27.2 Å². The summed E-state index contributed by atoms with van der Waals surface area (Å²) in [6, 6.07) is 15.2. The molecule has 0 saturated carbocycles. The molecule has 2 aromatic carbocycles. The Balaban J connectivity index is 1.98. The molecule has 8 nitrogen and oxygen atoms in total. The van der Waals surface area contributed by atoms with E-state index in [0.29, 0.717) is 5.56 Å². The van der Waals surface area contributed by atoms with Gasteiger partial charge in [0.2, 0.25) is 26.0 Å². The van der Waals surface area contributed by atoms with Crippen molar-refractivity contribution in [2.45, 2.75) is 18.0 Å². The molecule has 1 N–H and O–H groups in total. The van der Waals surface area contributed by atoms with Crippen molar-refractivity contribution >= 4 is 26.0 Å². The van der Waals surface area contributed by atoms with Crippen LogP contribution in [0.5, 0.6) is 0 Å². The smallest absolute Gasteiger partial charge is 0.242 e. The molecule has 0 fully saturated rings. The van der Waals surface area contributed by atoms with E-state index in [2.05, 4.69) is 5.32 Å². The van der Waals surface area contributed by atoms with E-state index in [1.807, 2.05) is 6.07 Å². The minimum atomic E-state index is -3.57. The number of nitrogens with zero attached hydrogens (tertiary/aromatic N) is 2. The quantitative estimate of drug-likeness (QED) is 0.628. The number of sulfonamides is 2. The largest absolute Gasteiger partial charge is 0.351 e. The fraction of sp³-hybridized carbons (Fsp3) is 0.316. The van der Waals surface area contributed by atoms with E-state index in [9.17, 15) is 21.6 Å². The van der Waals surface area contributed by atoms with Crippen LogP contribution in [0.3, 0.4) is 0 Å². The van der Waals surface area contributed by atoms with E-state index in [1.54, 1.807) is 36.4 Å².